The number of thiocarbonyl (C=S) groups is 1. The van der Waals surface area contributed by atoms with Gasteiger partial charge in [0, 0.05) is 19.1 Å². The van der Waals surface area contributed by atoms with Crippen LogP contribution in [0.25, 0.3) is 0 Å². The molecule has 0 bridgehead atoms. The van der Waals surface area contributed by atoms with Crippen LogP contribution in [0.5, 0.6) is 0 Å². The van der Waals surface area contributed by atoms with Gasteiger partial charge >= 0.3 is 6.18 Å². The van der Waals surface area contributed by atoms with E-state index in [9.17, 15) is 13.2 Å². The van der Waals surface area contributed by atoms with Gasteiger partial charge in [-0.1, -0.05) is 0 Å². The Kier molecular flexibility index (Phi) is 3.28. The maximum Gasteiger partial charge on any atom is 0.391 e. The first-order valence-corrected chi connectivity index (χ1v) is 6.00. The van der Waals surface area contributed by atoms with Crippen molar-refractivity contribution in [3.63, 3.8) is 0 Å². The van der Waals surface area contributed by atoms with Gasteiger partial charge in [-0.2, -0.15) is 13.2 Å². The lowest BCUT2D eigenvalue weighted by Gasteiger charge is -2.34. The molecule has 0 atom stereocenters. The fourth-order valence-corrected chi connectivity index (χ4v) is 2.25. The van der Waals surface area contributed by atoms with E-state index in [4.69, 9.17) is 12.2 Å². The van der Waals surface area contributed by atoms with Crippen molar-refractivity contribution in [1.29, 1.82) is 0 Å². The van der Waals surface area contributed by atoms with Crippen molar-refractivity contribution in [2.75, 3.05) is 13.1 Å². The Hall–Kier alpha value is -0.520. The maximum absolute atomic E-state index is 12.4. The second-order valence-electron chi connectivity index (χ2n) is 4.53. The molecule has 0 amide bonds. The molecule has 0 aromatic rings. The number of hydrogen-bond acceptors (Lipinski definition) is 1. The van der Waals surface area contributed by atoms with Gasteiger partial charge < -0.3 is 10.2 Å². The summed E-state index contributed by atoms with van der Waals surface area (Å²) in [5.74, 6) is -1.15. The zero-order chi connectivity index (χ0) is 11.8. The van der Waals surface area contributed by atoms with E-state index in [1.165, 1.54) is 0 Å². The van der Waals surface area contributed by atoms with Gasteiger partial charge in [-0.3, -0.25) is 0 Å². The van der Waals surface area contributed by atoms with Gasteiger partial charge in [0.15, 0.2) is 5.11 Å². The highest BCUT2D eigenvalue weighted by Gasteiger charge is 2.41. The van der Waals surface area contributed by atoms with Gasteiger partial charge in [0.25, 0.3) is 0 Å². The molecule has 2 fully saturated rings. The van der Waals surface area contributed by atoms with Gasteiger partial charge in [0.05, 0.1) is 5.92 Å². The van der Waals surface area contributed by atoms with Crippen molar-refractivity contribution in [2.45, 2.75) is 37.9 Å². The number of halogens is 3. The monoisotopic (exact) mass is 252 g/mol. The molecule has 2 rings (SSSR count). The minimum absolute atomic E-state index is 0.163. The molecule has 0 aromatic heterocycles. The van der Waals surface area contributed by atoms with Crippen molar-refractivity contribution < 1.29 is 13.2 Å². The number of nitrogens with one attached hydrogen (secondary N) is 1. The summed E-state index contributed by atoms with van der Waals surface area (Å²) in [6, 6.07) is 0.466. The van der Waals surface area contributed by atoms with Crippen LogP contribution in [0.15, 0.2) is 0 Å². The van der Waals surface area contributed by atoms with Crippen LogP contribution in [0.2, 0.25) is 0 Å². The summed E-state index contributed by atoms with van der Waals surface area (Å²) in [4.78, 5) is 1.86. The summed E-state index contributed by atoms with van der Waals surface area (Å²) in [5.41, 5.74) is 0. The standard InChI is InChI=1S/C10H15F3N2S/c11-10(12,13)7-3-5-15(6-4-7)9(16)14-8-1-2-8/h7-8H,1-6H2,(H,14,16). The van der Waals surface area contributed by atoms with Crippen molar-refractivity contribution in [2.24, 2.45) is 5.92 Å². The van der Waals surface area contributed by atoms with Crippen LogP contribution >= 0.6 is 12.2 Å². The second-order valence-corrected chi connectivity index (χ2v) is 4.91. The first-order valence-electron chi connectivity index (χ1n) is 5.59. The molecular weight excluding hydrogens is 237 g/mol. The van der Waals surface area contributed by atoms with Crippen LogP contribution < -0.4 is 5.32 Å². The van der Waals surface area contributed by atoms with E-state index in [-0.39, 0.29) is 12.8 Å². The predicted octanol–water partition coefficient (Wildman–Crippen LogP) is 2.30. The minimum Gasteiger partial charge on any atom is -0.360 e. The molecule has 1 N–H and O–H groups in total. The molecule has 0 aromatic carbocycles. The number of rotatable bonds is 1. The lowest BCUT2D eigenvalue weighted by atomic mass is 9.97. The molecule has 2 nitrogen and oxygen atoms in total. The third-order valence-corrected chi connectivity index (χ3v) is 3.53. The molecule has 1 heterocycles. The Morgan fingerprint density at radius 2 is 1.69 bits per heavy atom. The van der Waals surface area contributed by atoms with Crippen LogP contribution in [0.3, 0.4) is 0 Å². The third kappa shape index (κ3) is 2.99. The van der Waals surface area contributed by atoms with Gasteiger partial charge in [-0.25, -0.2) is 0 Å². The molecule has 0 radical (unpaired) electrons. The number of piperidine rings is 1. The summed E-state index contributed by atoms with van der Waals surface area (Å²) in [6.45, 7) is 0.839. The molecule has 6 heteroatoms. The number of nitrogens with zero attached hydrogens (tertiary/aromatic N) is 1. The van der Waals surface area contributed by atoms with Crippen LogP contribution in [0.1, 0.15) is 25.7 Å². The molecule has 92 valence electrons. The zero-order valence-electron chi connectivity index (χ0n) is 8.89. The fraction of sp³-hybridized carbons (Fsp3) is 0.900. The number of likely N-dealkylation sites (tertiary alicyclic amines) is 1. The average Bonchev–Trinajstić information content (AvgIpc) is 3.00. The molecule has 1 saturated carbocycles. The molecular formula is C10H15F3N2S. The van der Waals surface area contributed by atoms with Gasteiger partial charge in [0.1, 0.15) is 0 Å². The van der Waals surface area contributed by atoms with E-state index in [0.717, 1.165) is 12.8 Å². The summed E-state index contributed by atoms with van der Waals surface area (Å²) in [7, 11) is 0. The van der Waals surface area contributed by atoms with Gasteiger partial charge in [0.2, 0.25) is 0 Å². The quantitative estimate of drug-likeness (QED) is 0.721. The Morgan fingerprint density at radius 1 is 1.12 bits per heavy atom. The second kappa shape index (κ2) is 4.39. The van der Waals surface area contributed by atoms with Crippen molar-refractivity contribution in [3.8, 4) is 0 Å². The van der Waals surface area contributed by atoms with Crippen LogP contribution in [0, 0.1) is 5.92 Å². The summed E-state index contributed by atoms with van der Waals surface area (Å²) >= 11 is 5.16. The highest BCUT2D eigenvalue weighted by molar-refractivity contribution is 7.80. The third-order valence-electron chi connectivity index (χ3n) is 3.15. The molecule has 1 saturated heterocycles. The van der Waals surface area contributed by atoms with E-state index in [0.29, 0.717) is 24.2 Å². The first-order chi connectivity index (χ1) is 7.47. The Balaban J connectivity index is 1.77. The van der Waals surface area contributed by atoms with E-state index < -0.39 is 12.1 Å². The molecule has 2 aliphatic rings. The van der Waals surface area contributed by atoms with Crippen molar-refractivity contribution in [1.82, 2.24) is 10.2 Å². The summed E-state index contributed by atoms with van der Waals surface area (Å²) < 4.78 is 37.3. The minimum atomic E-state index is -4.04. The Morgan fingerprint density at radius 3 is 2.12 bits per heavy atom. The van der Waals surface area contributed by atoms with E-state index >= 15 is 0 Å². The smallest absolute Gasteiger partial charge is 0.360 e. The lowest BCUT2D eigenvalue weighted by molar-refractivity contribution is -0.183. The average molecular weight is 252 g/mol. The zero-order valence-corrected chi connectivity index (χ0v) is 9.70. The normalized spacial score (nSPS) is 23.3. The SMILES string of the molecule is FC(F)(F)C1CCN(C(=S)NC2CC2)CC1. The number of alkyl halides is 3. The van der Waals surface area contributed by atoms with Crippen LogP contribution in [-0.4, -0.2) is 35.3 Å². The first kappa shape index (κ1) is 12.0. The summed E-state index contributed by atoms with van der Waals surface area (Å²) in [6.07, 6.45) is -1.47. The molecule has 0 unspecified atom stereocenters. The van der Waals surface area contributed by atoms with Crippen molar-refractivity contribution in [3.05, 3.63) is 0 Å². The van der Waals surface area contributed by atoms with Crippen molar-refractivity contribution >= 4 is 17.3 Å². The van der Waals surface area contributed by atoms with Gasteiger partial charge in [-0.05, 0) is 37.9 Å². The molecule has 0 spiro atoms. The largest absolute Gasteiger partial charge is 0.391 e. The molecule has 16 heavy (non-hydrogen) atoms. The Labute approximate surface area is 98.2 Å². The molecule has 1 aliphatic carbocycles. The van der Waals surface area contributed by atoms with E-state index in [1.807, 2.05) is 4.90 Å². The van der Waals surface area contributed by atoms with Crippen LogP contribution in [-0.2, 0) is 0 Å². The predicted molar refractivity (Wildman–Crippen MR) is 59.1 cm³/mol. The highest BCUT2D eigenvalue weighted by atomic mass is 32.1. The fourth-order valence-electron chi connectivity index (χ4n) is 1.90. The van der Waals surface area contributed by atoms with E-state index in [1.54, 1.807) is 0 Å². The maximum atomic E-state index is 12.4. The van der Waals surface area contributed by atoms with Crippen LogP contribution in [0.4, 0.5) is 13.2 Å². The highest BCUT2D eigenvalue weighted by Crippen LogP contribution is 2.34. The topological polar surface area (TPSA) is 15.3 Å². The lowest BCUT2D eigenvalue weighted by Crippen LogP contribution is -2.46. The van der Waals surface area contributed by atoms with E-state index in [2.05, 4.69) is 5.32 Å². The van der Waals surface area contributed by atoms with Gasteiger partial charge in [-0.15, -0.1) is 0 Å². The number of hydrogen-bond donors (Lipinski definition) is 1. The Bertz CT molecular complexity index is 268. The molecule has 1 aliphatic heterocycles. The summed E-state index contributed by atoms with van der Waals surface area (Å²) in [5, 5.41) is 3.78.